The lowest BCUT2D eigenvalue weighted by atomic mass is 10.0. The first-order valence-electron chi connectivity index (χ1n) is 27.4. The highest BCUT2D eigenvalue weighted by Gasteiger charge is 2.27. The van der Waals surface area contributed by atoms with Crippen LogP contribution < -0.4 is 5.32 Å². The van der Waals surface area contributed by atoms with E-state index in [1.54, 1.807) is 6.08 Å². The maximum Gasteiger partial charge on any atom is 0.472 e. The van der Waals surface area contributed by atoms with Gasteiger partial charge in [-0.1, -0.05) is 243 Å². The van der Waals surface area contributed by atoms with E-state index in [2.05, 4.69) is 43.5 Å². The van der Waals surface area contributed by atoms with Gasteiger partial charge < -0.3 is 19.8 Å². The molecular formula is C55H108N2O6P+. The fraction of sp³-hybridized carbons (Fsp3) is 0.873. The number of carbonyl (C=O) groups excluding carboxylic acids is 1. The molecule has 0 aromatic rings. The van der Waals surface area contributed by atoms with Crippen molar-refractivity contribution in [1.82, 2.24) is 5.32 Å². The highest BCUT2D eigenvalue weighted by molar-refractivity contribution is 7.47. The number of nitrogens with zero attached hydrogens (tertiary/aromatic N) is 1. The zero-order valence-electron chi connectivity index (χ0n) is 43.0. The van der Waals surface area contributed by atoms with Gasteiger partial charge in [0.25, 0.3) is 0 Å². The number of amides is 1. The van der Waals surface area contributed by atoms with E-state index >= 15 is 0 Å². The summed E-state index contributed by atoms with van der Waals surface area (Å²) in [7, 11) is 1.57. The third-order valence-corrected chi connectivity index (χ3v) is 13.4. The number of nitrogens with one attached hydrogen (secondary N) is 1. The molecule has 3 atom stereocenters. The third-order valence-electron chi connectivity index (χ3n) is 12.4. The van der Waals surface area contributed by atoms with Gasteiger partial charge in [-0.3, -0.25) is 13.8 Å². The molecule has 0 spiro atoms. The van der Waals surface area contributed by atoms with Gasteiger partial charge in [-0.25, -0.2) is 4.57 Å². The van der Waals surface area contributed by atoms with Crippen molar-refractivity contribution in [3.8, 4) is 0 Å². The molecule has 0 aromatic heterocycles. The topological polar surface area (TPSA) is 105 Å². The molecular weight excluding hydrogens is 816 g/mol. The first-order valence-corrected chi connectivity index (χ1v) is 28.9. The standard InChI is InChI=1S/C55H107N2O6P/c1-6-8-10-12-14-16-18-20-22-24-26-27-28-29-31-32-34-36-38-40-42-44-46-48-54(58)53(52-63-64(60,61)62-51-50-57(3,4)5)56-55(59)49-47-45-43-41-39-37-35-33-30-25-23-21-19-17-15-13-11-9-7-2/h15,17,19,21,46,48,53-54,58H,6-14,16,18,20,22-45,47,49-52H2,1-5H3,(H-,56,59,60,61)/p+1/b17-15-,21-19-,48-46+. The number of likely N-dealkylation sites (N-methyl/N-ethyl adjacent to an activating group) is 1. The molecule has 3 unspecified atom stereocenters. The number of aliphatic hydroxyl groups excluding tert-OH is 1. The SMILES string of the molecule is CCCCC/C=C\C=C/CCCCCCCCCCCCC(=O)NC(COP(=O)(O)OCC[N+](C)(C)C)C(O)/C=C/CCCCCCCCCCCCCCCCCCCCCCC. The highest BCUT2D eigenvalue weighted by atomic mass is 31.2. The molecule has 0 radical (unpaired) electrons. The summed E-state index contributed by atoms with van der Waals surface area (Å²) in [6.45, 7) is 4.81. The average molecular weight is 924 g/mol. The Balaban J connectivity index is 4.25. The van der Waals surface area contributed by atoms with E-state index in [1.165, 1.54) is 199 Å². The number of carbonyl (C=O) groups is 1. The van der Waals surface area contributed by atoms with Crippen molar-refractivity contribution in [3.63, 3.8) is 0 Å². The van der Waals surface area contributed by atoms with Crippen molar-refractivity contribution < 1.29 is 32.9 Å². The van der Waals surface area contributed by atoms with Crippen LogP contribution in [0.5, 0.6) is 0 Å². The number of allylic oxidation sites excluding steroid dienone is 5. The van der Waals surface area contributed by atoms with E-state index in [-0.39, 0.29) is 19.1 Å². The fourth-order valence-corrected chi connectivity index (χ4v) is 8.77. The Kier molecular flexibility index (Phi) is 45.9. The molecule has 378 valence electrons. The van der Waals surface area contributed by atoms with Gasteiger partial charge in [0.1, 0.15) is 13.2 Å². The minimum absolute atomic E-state index is 0.0612. The van der Waals surface area contributed by atoms with Crippen LogP contribution in [0.15, 0.2) is 36.5 Å². The Hall–Kier alpha value is -1.28. The van der Waals surface area contributed by atoms with Crippen LogP contribution in [-0.2, 0) is 18.4 Å². The Morgan fingerprint density at radius 3 is 1.28 bits per heavy atom. The molecule has 8 nitrogen and oxygen atoms in total. The van der Waals surface area contributed by atoms with E-state index in [0.29, 0.717) is 17.4 Å². The molecule has 0 rings (SSSR count). The smallest absolute Gasteiger partial charge is 0.387 e. The van der Waals surface area contributed by atoms with Crippen molar-refractivity contribution in [2.75, 3.05) is 40.9 Å². The van der Waals surface area contributed by atoms with Gasteiger partial charge in [-0.15, -0.1) is 0 Å². The molecule has 1 amide bonds. The predicted octanol–water partition coefficient (Wildman–Crippen LogP) is 16.2. The summed E-state index contributed by atoms with van der Waals surface area (Å²) in [6, 6.07) is -0.848. The Morgan fingerprint density at radius 2 is 0.875 bits per heavy atom. The van der Waals surface area contributed by atoms with Gasteiger partial charge in [-0.05, 0) is 44.9 Å². The summed E-state index contributed by atoms with van der Waals surface area (Å²) in [5.74, 6) is -0.179. The summed E-state index contributed by atoms with van der Waals surface area (Å²) < 4.78 is 23.7. The molecule has 0 bridgehead atoms. The average Bonchev–Trinajstić information content (AvgIpc) is 3.25. The number of phosphoric ester groups is 1. The summed E-state index contributed by atoms with van der Waals surface area (Å²) in [5, 5.41) is 13.9. The van der Waals surface area contributed by atoms with Crippen LogP contribution in [-0.4, -0.2) is 73.4 Å². The monoisotopic (exact) mass is 924 g/mol. The lowest BCUT2D eigenvalue weighted by Crippen LogP contribution is -2.45. The minimum atomic E-state index is -4.35. The maximum absolute atomic E-state index is 13.0. The second-order valence-electron chi connectivity index (χ2n) is 20.0. The summed E-state index contributed by atoms with van der Waals surface area (Å²) in [4.78, 5) is 23.3. The molecule has 0 heterocycles. The molecule has 0 aromatic carbocycles. The van der Waals surface area contributed by atoms with Gasteiger partial charge >= 0.3 is 7.82 Å². The summed E-state index contributed by atoms with van der Waals surface area (Å²) in [6.07, 6.45) is 59.4. The first kappa shape index (κ1) is 62.7. The summed E-state index contributed by atoms with van der Waals surface area (Å²) >= 11 is 0. The molecule has 9 heteroatoms. The van der Waals surface area contributed by atoms with E-state index in [4.69, 9.17) is 9.05 Å². The molecule has 64 heavy (non-hydrogen) atoms. The largest absolute Gasteiger partial charge is 0.472 e. The fourth-order valence-electron chi connectivity index (χ4n) is 8.03. The van der Waals surface area contributed by atoms with Crippen molar-refractivity contribution >= 4 is 13.7 Å². The van der Waals surface area contributed by atoms with Crippen LogP contribution in [0.2, 0.25) is 0 Å². The molecule has 0 fully saturated rings. The van der Waals surface area contributed by atoms with E-state index in [1.807, 2.05) is 27.2 Å². The van der Waals surface area contributed by atoms with Crippen LogP contribution in [0.25, 0.3) is 0 Å². The Bertz CT molecular complexity index is 1140. The van der Waals surface area contributed by atoms with Crippen molar-refractivity contribution in [2.24, 2.45) is 0 Å². The zero-order chi connectivity index (χ0) is 47.1. The number of hydrogen-bond acceptors (Lipinski definition) is 5. The minimum Gasteiger partial charge on any atom is -0.387 e. The maximum atomic E-state index is 13.0. The van der Waals surface area contributed by atoms with Gasteiger partial charge in [0.2, 0.25) is 5.91 Å². The van der Waals surface area contributed by atoms with Gasteiger partial charge in [0.15, 0.2) is 0 Å². The van der Waals surface area contributed by atoms with Crippen molar-refractivity contribution in [1.29, 1.82) is 0 Å². The summed E-state index contributed by atoms with van der Waals surface area (Å²) in [5.41, 5.74) is 0. The van der Waals surface area contributed by atoms with E-state index in [0.717, 1.165) is 38.5 Å². The van der Waals surface area contributed by atoms with Crippen LogP contribution in [0.3, 0.4) is 0 Å². The van der Waals surface area contributed by atoms with Gasteiger partial charge in [0.05, 0.1) is 39.9 Å². The predicted molar refractivity (Wildman–Crippen MR) is 277 cm³/mol. The normalized spacial score (nSPS) is 14.3. The van der Waals surface area contributed by atoms with Gasteiger partial charge in [0, 0.05) is 6.42 Å². The third kappa shape index (κ3) is 48.6. The number of aliphatic hydroxyl groups is 1. The van der Waals surface area contributed by atoms with Crippen LogP contribution in [0.1, 0.15) is 258 Å². The number of rotatable bonds is 50. The zero-order valence-corrected chi connectivity index (χ0v) is 43.9. The van der Waals surface area contributed by atoms with Crippen molar-refractivity contribution in [3.05, 3.63) is 36.5 Å². The molecule has 0 aliphatic heterocycles. The number of quaternary nitrogens is 1. The highest BCUT2D eigenvalue weighted by Crippen LogP contribution is 2.43. The Labute approximate surface area is 397 Å². The van der Waals surface area contributed by atoms with Crippen LogP contribution in [0, 0.1) is 0 Å². The van der Waals surface area contributed by atoms with Crippen LogP contribution in [0.4, 0.5) is 0 Å². The Morgan fingerprint density at radius 1 is 0.531 bits per heavy atom. The molecule has 0 saturated carbocycles. The van der Waals surface area contributed by atoms with Crippen molar-refractivity contribution in [2.45, 2.75) is 270 Å². The number of unbranched alkanes of at least 4 members (excludes halogenated alkanes) is 34. The van der Waals surface area contributed by atoms with E-state index < -0.39 is 20.0 Å². The lowest BCUT2D eigenvalue weighted by molar-refractivity contribution is -0.870. The second-order valence-corrected chi connectivity index (χ2v) is 21.4. The van der Waals surface area contributed by atoms with Crippen LogP contribution >= 0.6 is 7.82 Å². The lowest BCUT2D eigenvalue weighted by Gasteiger charge is -2.25. The van der Waals surface area contributed by atoms with Gasteiger partial charge in [-0.2, -0.15) is 0 Å². The van der Waals surface area contributed by atoms with E-state index in [9.17, 15) is 19.4 Å². The quantitative estimate of drug-likeness (QED) is 0.0185. The number of hydrogen-bond donors (Lipinski definition) is 3. The second kappa shape index (κ2) is 46.8. The number of phosphoric acid groups is 1. The molecule has 0 aliphatic rings. The molecule has 3 N–H and O–H groups in total. The molecule has 0 aliphatic carbocycles. The molecule has 0 saturated heterocycles. The first-order chi connectivity index (χ1) is 31.0.